The molecule has 0 spiro atoms. The number of amides is 3. The number of piperidine rings is 1. The smallest absolute Gasteiger partial charge is 0.319 e. The molecule has 2 fully saturated rings. The Morgan fingerprint density at radius 3 is 2.35 bits per heavy atom. The highest BCUT2D eigenvalue weighted by Gasteiger charge is 2.26. The first-order valence-electron chi connectivity index (χ1n) is 13.0. The number of urea groups is 1. The average molecular weight is 461 g/mol. The molecule has 6 heteroatoms. The second kappa shape index (κ2) is 10.5. The largest absolute Gasteiger partial charge is 0.366 e. The minimum atomic E-state index is -0.178. The van der Waals surface area contributed by atoms with Gasteiger partial charge in [0.25, 0.3) is 5.91 Å². The van der Waals surface area contributed by atoms with Crippen LogP contribution < -0.4 is 15.5 Å². The number of carbonyl (C=O) groups is 2. The molecule has 2 N–H and O–H groups in total. The van der Waals surface area contributed by atoms with E-state index in [9.17, 15) is 9.59 Å². The molecule has 0 unspecified atom stereocenters. The minimum Gasteiger partial charge on any atom is -0.366 e. The summed E-state index contributed by atoms with van der Waals surface area (Å²) in [6, 6.07) is 14.5. The van der Waals surface area contributed by atoms with E-state index in [1.54, 1.807) is 0 Å². The molecule has 3 amide bonds. The molecule has 0 aromatic heterocycles. The predicted molar refractivity (Wildman–Crippen MR) is 136 cm³/mol. The van der Waals surface area contributed by atoms with Gasteiger partial charge >= 0.3 is 6.03 Å². The number of likely N-dealkylation sites (tertiary alicyclic amines) is 1. The van der Waals surface area contributed by atoms with Crippen molar-refractivity contribution in [1.82, 2.24) is 10.2 Å². The summed E-state index contributed by atoms with van der Waals surface area (Å²) in [4.78, 5) is 30.6. The van der Waals surface area contributed by atoms with E-state index in [0.717, 1.165) is 64.0 Å². The predicted octanol–water partition coefficient (Wildman–Crippen LogP) is 5.33. The molecule has 34 heavy (non-hydrogen) atoms. The summed E-state index contributed by atoms with van der Waals surface area (Å²) < 4.78 is 0. The number of hydrogen-bond acceptors (Lipinski definition) is 3. The zero-order valence-electron chi connectivity index (χ0n) is 20.0. The summed E-state index contributed by atoms with van der Waals surface area (Å²) >= 11 is 0. The van der Waals surface area contributed by atoms with Gasteiger partial charge in [-0.25, -0.2) is 4.79 Å². The molecule has 2 aromatic carbocycles. The Morgan fingerprint density at radius 1 is 0.824 bits per heavy atom. The second-order valence-electron chi connectivity index (χ2n) is 9.96. The quantitative estimate of drug-likeness (QED) is 0.648. The monoisotopic (exact) mass is 460 g/mol. The summed E-state index contributed by atoms with van der Waals surface area (Å²) in [7, 11) is 0. The normalized spacial score (nSPS) is 18.8. The van der Waals surface area contributed by atoms with Gasteiger partial charge in [-0.15, -0.1) is 0 Å². The van der Waals surface area contributed by atoms with E-state index in [1.807, 2.05) is 23.1 Å². The molecule has 6 nitrogen and oxygen atoms in total. The molecule has 0 bridgehead atoms. The van der Waals surface area contributed by atoms with Crippen molar-refractivity contribution in [2.24, 2.45) is 0 Å². The van der Waals surface area contributed by atoms with Crippen molar-refractivity contribution >= 4 is 23.3 Å². The Balaban J connectivity index is 1.38. The van der Waals surface area contributed by atoms with Gasteiger partial charge in [-0.1, -0.05) is 43.5 Å². The number of fused-ring (bicyclic) bond motifs is 1. The van der Waals surface area contributed by atoms with Crippen molar-refractivity contribution in [3.8, 4) is 0 Å². The SMILES string of the molecule is O=C(Nc1ccc(N2CCc3ccccc3C2)c(C(=O)N2CCCCC2)c1)NC1CCCCC1. The average Bonchev–Trinajstić information content (AvgIpc) is 2.89. The lowest BCUT2D eigenvalue weighted by molar-refractivity contribution is 0.0725. The topological polar surface area (TPSA) is 64.7 Å². The summed E-state index contributed by atoms with van der Waals surface area (Å²) in [5.41, 5.74) is 5.04. The molecule has 1 saturated carbocycles. The molecule has 180 valence electrons. The van der Waals surface area contributed by atoms with Crippen LogP contribution in [0.5, 0.6) is 0 Å². The Labute approximate surface area is 202 Å². The Morgan fingerprint density at radius 2 is 1.56 bits per heavy atom. The van der Waals surface area contributed by atoms with E-state index in [1.165, 1.54) is 36.8 Å². The maximum atomic E-state index is 13.6. The van der Waals surface area contributed by atoms with Crippen LogP contribution in [0.2, 0.25) is 0 Å². The van der Waals surface area contributed by atoms with Crippen LogP contribution in [-0.4, -0.2) is 42.5 Å². The van der Waals surface area contributed by atoms with Crippen molar-refractivity contribution < 1.29 is 9.59 Å². The van der Waals surface area contributed by atoms with Gasteiger partial charge in [-0.2, -0.15) is 0 Å². The molecular weight excluding hydrogens is 424 g/mol. The van der Waals surface area contributed by atoms with Gasteiger partial charge in [-0.05, 0) is 67.9 Å². The van der Waals surface area contributed by atoms with E-state index in [0.29, 0.717) is 11.3 Å². The number of rotatable bonds is 4. The highest BCUT2D eigenvalue weighted by molar-refractivity contribution is 6.02. The molecule has 3 aliphatic rings. The molecule has 1 saturated heterocycles. The van der Waals surface area contributed by atoms with Gasteiger partial charge in [-0.3, -0.25) is 4.79 Å². The fourth-order valence-corrected chi connectivity index (χ4v) is 5.63. The van der Waals surface area contributed by atoms with Crippen LogP contribution in [0.25, 0.3) is 0 Å². The molecule has 2 heterocycles. The number of hydrogen-bond donors (Lipinski definition) is 2. The Hall–Kier alpha value is -3.02. The summed E-state index contributed by atoms with van der Waals surface area (Å²) in [6.07, 6.45) is 9.95. The summed E-state index contributed by atoms with van der Waals surface area (Å²) in [5, 5.41) is 6.11. The van der Waals surface area contributed by atoms with Crippen LogP contribution in [0.1, 0.15) is 72.9 Å². The number of nitrogens with zero attached hydrogens (tertiary/aromatic N) is 2. The molecule has 1 aliphatic carbocycles. The van der Waals surface area contributed by atoms with Gasteiger partial charge in [0, 0.05) is 43.6 Å². The highest BCUT2D eigenvalue weighted by atomic mass is 16.2. The Kier molecular flexibility index (Phi) is 7.02. The number of anilines is 2. The lowest BCUT2D eigenvalue weighted by atomic mass is 9.96. The third kappa shape index (κ3) is 5.21. The van der Waals surface area contributed by atoms with Crippen molar-refractivity contribution in [1.29, 1.82) is 0 Å². The van der Waals surface area contributed by atoms with Crippen LogP contribution in [0, 0.1) is 0 Å². The summed E-state index contributed by atoms with van der Waals surface area (Å²) in [6.45, 7) is 3.29. The number of benzene rings is 2. The molecule has 0 atom stereocenters. The van der Waals surface area contributed by atoms with Gasteiger partial charge < -0.3 is 20.4 Å². The maximum absolute atomic E-state index is 13.6. The fourth-order valence-electron chi connectivity index (χ4n) is 5.63. The zero-order valence-corrected chi connectivity index (χ0v) is 20.0. The first-order chi connectivity index (χ1) is 16.7. The molecular formula is C28H36N4O2. The van der Waals surface area contributed by atoms with E-state index >= 15 is 0 Å². The Bertz CT molecular complexity index is 1020. The molecule has 2 aliphatic heterocycles. The van der Waals surface area contributed by atoms with Gasteiger partial charge in [0.1, 0.15) is 0 Å². The standard InChI is InChI=1S/C28H36N4O2/c33-27(31-16-7-2-8-17-31)25-19-24(30-28(34)29-23-11-3-1-4-12-23)13-14-26(25)32-18-15-21-9-5-6-10-22(21)20-32/h5-6,9-10,13-14,19,23H,1-4,7-8,11-12,15-18,20H2,(H2,29,30,34). The lowest BCUT2D eigenvalue weighted by Crippen LogP contribution is -2.39. The third-order valence-corrected chi connectivity index (χ3v) is 7.54. The number of nitrogens with one attached hydrogen (secondary N) is 2. The van der Waals surface area contributed by atoms with E-state index in [4.69, 9.17) is 0 Å². The van der Waals surface area contributed by atoms with Crippen molar-refractivity contribution in [3.05, 3.63) is 59.2 Å². The van der Waals surface area contributed by atoms with Crippen molar-refractivity contribution in [2.75, 3.05) is 29.9 Å². The van der Waals surface area contributed by atoms with Crippen molar-refractivity contribution in [2.45, 2.75) is 70.4 Å². The molecule has 0 radical (unpaired) electrons. The lowest BCUT2D eigenvalue weighted by Gasteiger charge is -2.34. The summed E-state index contributed by atoms with van der Waals surface area (Å²) in [5.74, 6) is 0.0740. The molecule has 5 rings (SSSR count). The van der Waals surface area contributed by atoms with Gasteiger partial charge in [0.2, 0.25) is 0 Å². The zero-order chi connectivity index (χ0) is 23.3. The minimum absolute atomic E-state index is 0.0740. The van der Waals surface area contributed by atoms with E-state index in [-0.39, 0.29) is 18.0 Å². The van der Waals surface area contributed by atoms with E-state index < -0.39 is 0 Å². The van der Waals surface area contributed by atoms with E-state index in [2.05, 4.69) is 39.8 Å². The van der Waals surface area contributed by atoms with Crippen LogP contribution in [0.3, 0.4) is 0 Å². The molecule has 2 aromatic rings. The highest BCUT2D eigenvalue weighted by Crippen LogP contribution is 2.31. The fraction of sp³-hybridized carbons (Fsp3) is 0.500. The van der Waals surface area contributed by atoms with Crippen molar-refractivity contribution in [3.63, 3.8) is 0 Å². The van der Waals surface area contributed by atoms with Crippen LogP contribution in [0.15, 0.2) is 42.5 Å². The maximum Gasteiger partial charge on any atom is 0.319 e. The first-order valence-corrected chi connectivity index (χ1v) is 13.0. The van der Waals surface area contributed by atoms with Crippen LogP contribution in [0.4, 0.5) is 16.2 Å². The second-order valence-corrected chi connectivity index (χ2v) is 9.96. The van der Waals surface area contributed by atoms with Crippen LogP contribution >= 0.6 is 0 Å². The van der Waals surface area contributed by atoms with Gasteiger partial charge in [0.05, 0.1) is 5.56 Å². The third-order valence-electron chi connectivity index (χ3n) is 7.54. The number of carbonyl (C=O) groups excluding carboxylic acids is 2. The first kappa shape index (κ1) is 22.8. The van der Waals surface area contributed by atoms with Gasteiger partial charge in [0.15, 0.2) is 0 Å². The van der Waals surface area contributed by atoms with Crippen LogP contribution in [-0.2, 0) is 13.0 Å².